The number of carbonyl (C=O) groups is 1. The third kappa shape index (κ3) is 4.84. The monoisotopic (exact) mass is 569 g/mol. The predicted molar refractivity (Wildman–Crippen MR) is 156 cm³/mol. The van der Waals surface area contributed by atoms with Gasteiger partial charge in [-0.15, -0.1) is 11.3 Å². The number of nitrogens with zero attached hydrogens (tertiary/aromatic N) is 1. The molecule has 6 rings (SSSR count). The number of fused-ring (bicyclic) bond motifs is 3. The number of pyridine rings is 1. The van der Waals surface area contributed by atoms with Crippen LogP contribution >= 0.6 is 11.3 Å². The second-order valence-electron chi connectivity index (χ2n) is 9.00. The first-order chi connectivity index (χ1) is 19.4. The maximum Gasteiger partial charge on any atom is 0.348 e. The largest absolute Gasteiger partial charge is 0.395 e. The van der Waals surface area contributed by atoms with E-state index in [-0.39, 0.29) is 29.0 Å². The van der Waals surface area contributed by atoms with E-state index in [2.05, 4.69) is 10.3 Å². The average Bonchev–Trinajstić information content (AvgIpc) is 3.65. The van der Waals surface area contributed by atoms with E-state index < -0.39 is 10.1 Å². The summed E-state index contributed by atoms with van der Waals surface area (Å²) in [6.45, 7) is 0.0491. The van der Waals surface area contributed by atoms with Gasteiger partial charge in [0.25, 0.3) is 5.91 Å². The van der Waals surface area contributed by atoms with Gasteiger partial charge in [-0.1, -0.05) is 48.5 Å². The van der Waals surface area contributed by atoms with Gasteiger partial charge in [0, 0.05) is 45.7 Å². The Labute approximate surface area is 234 Å². The third-order valence-corrected chi connectivity index (χ3v) is 9.06. The van der Waals surface area contributed by atoms with Crippen LogP contribution in [0.25, 0.3) is 44.2 Å². The number of aromatic nitrogens is 2. The highest BCUT2D eigenvalue weighted by Crippen LogP contribution is 2.41. The van der Waals surface area contributed by atoms with E-state index in [9.17, 15) is 13.2 Å². The molecule has 0 spiro atoms. The Balaban J connectivity index is 1.51. The molecule has 40 heavy (non-hydrogen) atoms. The van der Waals surface area contributed by atoms with Crippen LogP contribution in [0.5, 0.6) is 5.75 Å². The van der Waals surface area contributed by atoms with Crippen molar-refractivity contribution in [1.82, 2.24) is 15.3 Å². The summed E-state index contributed by atoms with van der Waals surface area (Å²) >= 11 is 1.10. The fraction of sp³-hybridized carbons (Fsp3) is 0.0667. The molecule has 0 radical (unpaired) electrons. The molecule has 0 aliphatic carbocycles. The summed E-state index contributed by atoms with van der Waals surface area (Å²) in [6, 6.07) is 25.3. The molecular formula is C30H23N3O5S2. The molecule has 200 valence electrons. The van der Waals surface area contributed by atoms with Gasteiger partial charge in [-0.25, -0.2) is 4.98 Å². The maximum absolute atomic E-state index is 12.8. The highest BCUT2D eigenvalue weighted by Gasteiger charge is 2.21. The number of hydrogen-bond acceptors (Lipinski definition) is 7. The zero-order valence-corrected chi connectivity index (χ0v) is 22.6. The molecule has 3 N–H and O–H groups in total. The maximum atomic E-state index is 12.8. The lowest BCUT2D eigenvalue weighted by Crippen LogP contribution is -2.26. The second kappa shape index (κ2) is 10.6. The van der Waals surface area contributed by atoms with Crippen molar-refractivity contribution in [1.29, 1.82) is 0 Å². The van der Waals surface area contributed by atoms with Gasteiger partial charge >= 0.3 is 10.1 Å². The normalized spacial score (nSPS) is 11.6. The highest BCUT2D eigenvalue weighted by molar-refractivity contribution is 7.89. The zero-order valence-electron chi connectivity index (χ0n) is 21.0. The van der Waals surface area contributed by atoms with Crippen molar-refractivity contribution in [2.75, 3.05) is 13.2 Å². The molecule has 0 aliphatic heterocycles. The van der Waals surface area contributed by atoms with E-state index in [1.807, 2.05) is 42.5 Å². The molecule has 3 aromatic heterocycles. The van der Waals surface area contributed by atoms with Gasteiger partial charge in [-0.3, -0.25) is 4.79 Å². The van der Waals surface area contributed by atoms with Crippen molar-refractivity contribution in [2.24, 2.45) is 0 Å². The van der Waals surface area contributed by atoms with Gasteiger partial charge in [-0.05, 0) is 52.9 Å². The number of H-pyrrole nitrogens is 1. The number of nitrogens with one attached hydrogen (secondary N) is 2. The van der Waals surface area contributed by atoms with E-state index in [1.165, 1.54) is 6.07 Å². The number of rotatable bonds is 8. The van der Waals surface area contributed by atoms with Gasteiger partial charge in [0.2, 0.25) is 0 Å². The summed E-state index contributed by atoms with van der Waals surface area (Å²) in [5.74, 6) is -0.0661. The van der Waals surface area contributed by atoms with Crippen LogP contribution in [0, 0.1) is 0 Å². The number of aliphatic hydroxyl groups excluding tert-OH is 1. The summed E-state index contributed by atoms with van der Waals surface area (Å²) in [6.07, 6.45) is 1.79. The van der Waals surface area contributed by atoms with E-state index in [1.54, 1.807) is 48.0 Å². The first-order valence-corrected chi connectivity index (χ1v) is 14.7. The second-order valence-corrected chi connectivity index (χ2v) is 11.7. The first-order valence-electron chi connectivity index (χ1n) is 12.4. The molecular weight excluding hydrogens is 546 g/mol. The molecule has 0 atom stereocenters. The van der Waals surface area contributed by atoms with E-state index in [0.29, 0.717) is 11.2 Å². The van der Waals surface area contributed by atoms with Crippen molar-refractivity contribution >= 4 is 49.3 Å². The van der Waals surface area contributed by atoms with Crippen LogP contribution in [0.3, 0.4) is 0 Å². The molecule has 3 heterocycles. The number of amides is 1. The number of aliphatic hydroxyl groups is 1. The topological polar surface area (TPSA) is 121 Å². The molecule has 0 aliphatic rings. The summed E-state index contributed by atoms with van der Waals surface area (Å²) in [7, 11) is -3.96. The molecule has 1 amide bonds. The Hall–Kier alpha value is -4.51. The smallest absolute Gasteiger partial charge is 0.348 e. The van der Waals surface area contributed by atoms with Crippen molar-refractivity contribution in [2.45, 2.75) is 4.21 Å². The molecule has 0 saturated heterocycles. The number of hydrogen-bond donors (Lipinski definition) is 3. The van der Waals surface area contributed by atoms with Crippen LogP contribution in [0.1, 0.15) is 10.4 Å². The lowest BCUT2D eigenvalue weighted by Gasteiger charge is -2.13. The minimum Gasteiger partial charge on any atom is -0.395 e. The molecule has 10 heteroatoms. The van der Waals surface area contributed by atoms with Crippen LogP contribution in [0.2, 0.25) is 0 Å². The molecule has 3 aromatic carbocycles. The van der Waals surface area contributed by atoms with Gasteiger partial charge in [0.15, 0.2) is 4.21 Å². The predicted octanol–water partition coefficient (Wildman–Crippen LogP) is 5.60. The van der Waals surface area contributed by atoms with Crippen molar-refractivity contribution in [3.63, 3.8) is 0 Å². The van der Waals surface area contributed by atoms with Crippen molar-refractivity contribution < 1.29 is 22.5 Å². The van der Waals surface area contributed by atoms with E-state index in [0.717, 1.165) is 49.9 Å². The Bertz CT molecular complexity index is 1930. The Kier molecular flexibility index (Phi) is 6.81. The summed E-state index contributed by atoms with van der Waals surface area (Å²) in [5.41, 5.74) is 5.48. The highest BCUT2D eigenvalue weighted by atomic mass is 32.3. The number of aromatic amines is 1. The molecule has 0 saturated carbocycles. The average molecular weight is 570 g/mol. The zero-order chi connectivity index (χ0) is 27.7. The quantitative estimate of drug-likeness (QED) is 0.205. The summed E-state index contributed by atoms with van der Waals surface area (Å²) in [5, 5.41) is 14.9. The Morgan fingerprint density at radius 1 is 0.975 bits per heavy atom. The standard InChI is InChI=1S/C30H23N3O5S2/c34-15-14-31-30(35)21-10-8-19(9-11-21)24-18-32-29-28(27(24)20-5-2-1-3-6-20)23-17-22(12-13-25(23)33-29)38-40(36,37)26-7-4-16-39-26/h1-13,16-18,34H,14-15H2,(H,31,35)(H,32,33). The summed E-state index contributed by atoms with van der Waals surface area (Å²) in [4.78, 5) is 20.4. The van der Waals surface area contributed by atoms with Crippen LogP contribution in [-0.4, -0.2) is 42.6 Å². The molecule has 0 fully saturated rings. The molecule has 0 unspecified atom stereocenters. The van der Waals surface area contributed by atoms with E-state index in [4.69, 9.17) is 14.3 Å². The third-order valence-electron chi connectivity index (χ3n) is 6.46. The lowest BCUT2D eigenvalue weighted by molar-refractivity contribution is 0.0944. The van der Waals surface area contributed by atoms with Gasteiger partial charge < -0.3 is 19.6 Å². The van der Waals surface area contributed by atoms with Crippen molar-refractivity contribution in [3.8, 4) is 28.0 Å². The van der Waals surface area contributed by atoms with Crippen molar-refractivity contribution in [3.05, 3.63) is 102 Å². The van der Waals surface area contributed by atoms with Crippen LogP contribution in [0.15, 0.2) is 101 Å². The number of carbonyl (C=O) groups excluding carboxylic acids is 1. The molecule has 0 bridgehead atoms. The Morgan fingerprint density at radius 3 is 2.50 bits per heavy atom. The van der Waals surface area contributed by atoms with Crippen LogP contribution < -0.4 is 9.50 Å². The fourth-order valence-electron chi connectivity index (χ4n) is 4.66. The lowest BCUT2D eigenvalue weighted by atomic mass is 9.92. The molecule has 6 aromatic rings. The SMILES string of the molecule is O=C(NCCO)c1ccc(-c2cnc3[nH]c4ccc(OS(=O)(=O)c5cccs5)cc4c3c2-c2ccccc2)cc1. The van der Waals surface area contributed by atoms with Crippen LogP contribution in [-0.2, 0) is 10.1 Å². The first kappa shape index (κ1) is 25.8. The van der Waals surface area contributed by atoms with Crippen LogP contribution in [0.4, 0.5) is 0 Å². The minimum absolute atomic E-state index is 0.132. The van der Waals surface area contributed by atoms with Gasteiger partial charge in [-0.2, -0.15) is 8.42 Å². The van der Waals surface area contributed by atoms with E-state index >= 15 is 0 Å². The Morgan fingerprint density at radius 2 is 1.77 bits per heavy atom. The number of thiophene rings is 1. The summed E-state index contributed by atoms with van der Waals surface area (Å²) < 4.78 is 31.2. The molecule has 8 nitrogen and oxygen atoms in total. The number of benzene rings is 3. The van der Waals surface area contributed by atoms with Gasteiger partial charge in [0.1, 0.15) is 11.4 Å². The minimum atomic E-state index is -3.96. The van der Waals surface area contributed by atoms with Gasteiger partial charge in [0.05, 0.1) is 6.61 Å². The fourth-order valence-corrected chi connectivity index (χ4v) is 6.53.